The van der Waals surface area contributed by atoms with Gasteiger partial charge in [-0.05, 0) is 53.9 Å². The van der Waals surface area contributed by atoms with E-state index >= 15 is 0 Å². The molecule has 0 aromatic heterocycles. The molecule has 6 heteroatoms. The molecular formula is C14H18BrFN2O2. The number of hydrogen-bond acceptors (Lipinski definition) is 3. The molecule has 2 rings (SSSR count). The average molecular weight is 345 g/mol. The smallest absolute Gasteiger partial charge is 0.409 e. The molecule has 1 fully saturated rings. The van der Waals surface area contributed by atoms with Crippen molar-refractivity contribution in [3.63, 3.8) is 0 Å². The largest absolute Gasteiger partial charge is 0.450 e. The number of benzene rings is 1. The SMILES string of the molecule is CCOC(=O)N1CCC(Nc2cc(F)ccc2Br)CC1. The van der Waals surface area contributed by atoms with Crippen molar-refractivity contribution in [3.05, 3.63) is 28.5 Å². The molecule has 1 aromatic rings. The summed E-state index contributed by atoms with van der Waals surface area (Å²) >= 11 is 3.40. The molecule has 1 saturated heterocycles. The van der Waals surface area contributed by atoms with Crippen LogP contribution < -0.4 is 5.32 Å². The van der Waals surface area contributed by atoms with Crippen molar-refractivity contribution in [2.45, 2.75) is 25.8 Å². The predicted molar refractivity (Wildman–Crippen MR) is 79.3 cm³/mol. The number of ether oxygens (including phenoxy) is 1. The maximum absolute atomic E-state index is 13.2. The van der Waals surface area contributed by atoms with Crippen LogP contribution in [-0.4, -0.2) is 36.7 Å². The Morgan fingerprint density at radius 3 is 2.85 bits per heavy atom. The number of anilines is 1. The lowest BCUT2D eigenvalue weighted by atomic mass is 10.1. The number of piperidine rings is 1. The minimum absolute atomic E-state index is 0.235. The molecule has 4 nitrogen and oxygen atoms in total. The Morgan fingerprint density at radius 2 is 2.20 bits per heavy atom. The topological polar surface area (TPSA) is 41.6 Å². The first kappa shape index (κ1) is 15.1. The van der Waals surface area contributed by atoms with E-state index in [0.29, 0.717) is 19.7 Å². The first-order valence-electron chi connectivity index (χ1n) is 6.73. The highest BCUT2D eigenvalue weighted by molar-refractivity contribution is 9.10. The predicted octanol–water partition coefficient (Wildman–Crippen LogP) is 3.62. The molecule has 0 radical (unpaired) electrons. The normalized spacial score (nSPS) is 16.1. The van der Waals surface area contributed by atoms with Crippen molar-refractivity contribution in [2.24, 2.45) is 0 Å². The quantitative estimate of drug-likeness (QED) is 0.910. The molecule has 0 unspecified atom stereocenters. The molecule has 1 aliphatic heterocycles. The van der Waals surface area contributed by atoms with Gasteiger partial charge in [0.25, 0.3) is 0 Å². The van der Waals surface area contributed by atoms with Crippen LogP contribution in [0.2, 0.25) is 0 Å². The Balaban J connectivity index is 1.88. The van der Waals surface area contributed by atoms with Crippen molar-refractivity contribution in [3.8, 4) is 0 Å². The number of amides is 1. The van der Waals surface area contributed by atoms with Gasteiger partial charge >= 0.3 is 6.09 Å². The summed E-state index contributed by atoms with van der Waals surface area (Å²) in [5.41, 5.74) is 0.750. The summed E-state index contributed by atoms with van der Waals surface area (Å²) < 4.78 is 19.0. The van der Waals surface area contributed by atoms with Gasteiger partial charge in [0.05, 0.1) is 12.3 Å². The summed E-state index contributed by atoms with van der Waals surface area (Å²) in [6.07, 6.45) is 1.39. The maximum Gasteiger partial charge on any atom is 0.409 e. The second kappa shape index (κ2) is 6.92. The van der Waals surface area contributed by atoms with Crippen molar-refractivity contribution < 1.29 is 13.9 Å². The highest BCUT2D eigenvalue weighted by atomic mass is 79.9. The Kier molecular flexibility index (Phi) is 5.23. The van der Waals surface area contributed by atoms with E-state index < -0.39 is 0 Å². The molecule has 1 N–H and O–H groups in total. The van der Waals surface area contributed by atoms with Gasteiger partial charge in [-0.25, -0.2) is 9.18 Å². The number of nitrogens with one attached hydrogen (secondary N) is 1. The first-order chi connectivity index (χ1) is 9.60. The number of hydrogen-bond donors (Lipinski definition) is 1. The highest BCUT2D eigenvalue weighted by Gasteiger charge is 2.23. The summed E-state index contributed by atoms with van der Waals surface area (Å²) in [6, 6.07) is 4.81. The lowest BCUT2D eigenvalue weighted by molar-refractivity contribution is 0.0983. The average Bonchev–Trinajstić information content (AvgIpc) is 2.44. The third kappa shape index (κ3) is 3.85. The molecule has 1 heterocycles. The fourth-order valence-electron chi connectivity index (χ4n) is 2.25. The molecule has 0 aliphatic carbocycles. The van der Waals surface area contributed by atoms with Crippen LogP contribution in [0.25, 0.3) is 0 Å². The first-order valence-corrected chi connectivity index (χ1v) is 7.52. The number of carbonyl (C=O) groups excluding carboxylic acids is 1. The minimum atomic E-state index is -0.264. The highest BCUT2D eigenvalue weighted by Crippen LogP contribution is 2.25. The van der Waals surface area contributed by atoms with Crippen LogP contribution in [0.4, 0.5) is 14.9 Å². The van der Waals surface area contributed by atoms with E-state index in [-0.39, 0.29) is 18.0 Å². The van der Waals surface area contributed by atoms with Gasteiger partial charge in [-0.1, -0.05) is 0 Å². The number of carbonyl (C=O) groups is 1. The van der Waals surface area contributed by atoms with Crippen molar-refractivity contribution in [1.29, 1.82) is 0 Å². The van der Waals surface area contributed by atoms with E-state index in [0.717, 1.165) is 23.0 Å². The van der Waals surface area contributed by atoms with Crippen LogP contribution in [0.3, 0.4) is 0 Å². The van der Waals surface area contributed by atoms with Crippen LogP contribution in [0.1, 0.15) is 19.8 Å². The molecule has 0 atom stereocenters. The Morgan fingerprint density at radius 1 is 1.50 bits per heavy atom. The van der Waals surface area contributed by atoms with Crippen LogP contribution >= 0.6 is 15.9 Å². The number of nitrogens with zero attached hydrogens (tertiary/aromatic N) is 1. The molecular weight excluding hydrogens is 327 g/mol. The summed E-state index contributed by atoms with van der Waals surface area (Å²) in [5.74, 6) is -0.264. The molecule has 0 saturated carbocycles. The molecule has 110 valence electrons. The molecule has 20 heavy (non-hydrogen) atoms. The monoisotopic (exact) mass is 344 g/mol. The van der Waals surface area contributed by atoms with Crippen LogP contribution in [0.5, 0.6) is 0 Å². The zero-order chi connectivity index (χ0) is 14.5. The summed E-state index contributed by atoms with van der Waals surface area (Å²) in [7, 11) is 0. The fourth-order valence-corrected chi connectivity index (χ4v) is 2.61. The van der Waals surface area contributed by atoms with Gasteiger partial charge in [0, 0.05) is 23.6 Å². The molecule has 1 aliphatic rings. The molecule has 0 spiro atoms. The minimum Gasteiger partial charge on any atom is -0.450 e. The van der Waals surface area contributed by atoms with Crippen molar-refractivity contribution in [2.75, 3.05) is 25.0 Å². The van der Waals surface area contributed by atoms with E-state index in [9.17, 15) is 9.18 Å². The number of rotatable bonds is 3. The molecule has 1 amide bonds. The third-order valence-electron chi connectivity index (χ3n) is 3.31. The zero-order valence-electron chi connectivity index (χ0n) is 11.4. The summed E-state index contributed by atoms with van der Waals surface area (Å²) in [4.78, 5) is 13.3. The zero-order valence-corrected chi connectivity index (χ0v) is 13.0. The Bertz CT molecular complexity index is 476. The van der Waals surface area contributed by atoms with Gasteiger partial charge in [0.2, 0.25) is 0 Å². The number of likely N-dealkylation sites (tertiary alicyclic amines) is 1. The van der Waals surface area contributed by atoms with Crippen LogP contribution in [0, 0.1) is 5.82 Å². The second-order valence-corrected chi connectivity index (χ2v) is 5.58. The van der Waals surface area contributed by atoms with Gasteiger partial charge in [-0.2, -0.15) is 0 Å². The Labute approximate surface area is 126 Å². The standard InChI is InChI=1S/C14H18BrFN2O2/c1-2-20-14(19)18-7-5-11(6-8-18)17-13-9-10(16)3-4-12(13)15/h3-4,9,11,17H,2,5-8H2,1H3. The van der Waals surface area contributed by atoms with Crippen molar-refractivity contribution >= 4 is 27.7 Å². The van der Waals surface area contributed by atoms with E-state index in [1.807, 2.05) is 0 Å². The maximum atomic E-state index is 13.2. The van der Waals surface area contributed by atoms with E-state index in [1.165, 1.54) is 12.1 Å². The van der Waals surface area contributed by atoms with E-state index in [4.69, 9.17) is 4.74 Å². The second-order valence-electron chi connectivity index (χ2n) is 4.73. The van der Waals surface area contributed by atoms with Crippen LogP contribution in [0.15, 0.2) is 22.7 Å². The fraction of sp³-hybridized carbons (Fsp3) is 0.500. The van der Waals surface area contributed by atoms with Crippen LogP contribution in [-0.2, 0) is 4.74 Å². The van der Waals surface area contributed by atoms with Gasteiger partial charge in [0.1, 0.15) is 5.82 Å². The van der Waals surface area contributed by atoms with E-state index in [2.05, 4.69) is 21.2 Å². The lowest BCUT2D eigenvalue weighted by Gasteiger charge is -2.32. The molecule has 0 bridgehead atoms. The molecule has 1 aromatic carbocycles. The van der Waals surface area contributed by atoms with E-state index in [1.54, 1.807) is 17.9 Å². The van der Waals surface area contributed by atoms with Gasteiger partial charge < -0.3 is 15.0 Å². The number of halogens is 2. The Hall–Kier alpha value is -1.30. The summed E-state index contributed by atoms with van der Waals surface area (Å²) in [6.45, 7) is 3.51. The van der Waals surface area contributed by atoms with Crippen molar-refractivity contribution in [1.82, 2.24) is 4.90 Å². The third-order valence-corrected chi connectivity index (χ3v) is 4.00. The van der Waals surface area contributed by atoms with Gasteiger partial charge in [0.15, 0.2) is 0 Å². The van der Waals surface area contributed by atoms with Gasteiger partial charge in [-0.15, -0.1) is 0 Å². The lowest BCUT2D eigenvalue weighted by Crippen LogP contribution is -2.42. The van der Waals surface area contributed by atoms with Gasteiger partial charge in [-0.3, -0.25) is 0 Å². The summed E-state index contributed by atoms with van der Waals surface area (Å²) in [5, 5.41) is 3.32.